The van der Waals surface area contributed by atoms with Crippen LogP contribution in [0.5, 0.6) is 0 Å². The average Bonchev–Trinajstić information content (AvgIpc) is 2.72. The Kier molecular flexibility index (Phi) is 6.10. The van der Waals surface area contributed by atoms with Crippen LogP contribution in [0.25, 0.3) is 0 Å². The summed E-state index contributed by atoms with van der Waals surface area (Å²) in [6, 6.07) is 12.2. The minimum atomic E-state index is -0.489. The quantitative estimate of drug-likeness (QED) is 0.609. The highest BCUT2D eigenvalue weighted by atomic mass is 16.6. The molecule has 0 radical (unpaired) electrons. The number of hydrogen-bond acceptors (Lipinski definition) is 6. The minimum absolute atomic E-state index is 0.111. The van der Waals surface area contributed by atoms with E-state index in [2.05, 4.69) is 5.43 Å². The number of carbonyl (C=O) groups is 1. The maximum Gasteiger partial charge on any atom is 0.272 e. The van der Waals surface area contributed by atoms with Gasteiger partial charge >= 0.3 is 0 Å². The molecule has 1 saturated heterocycles. The predicted octanol–water partition coefficient (Wildman–Crippen LogP) is 2.91. The summed E-state index contributed by atoms with van der Waals surface area (Å²) in [5, 5.41) is 13.0. The van der Waals surface area contributed by atoms with Crippen molar-refractivity contribution in [1.29, 1.82) is 0 Å². The van der Waals surface area contributed by atoms with Gasteiger partial charge in [-0.1, -0.05) is 17.7 Å². The summed E-state index contributed by atoms with van der Waals surface area (Å²) in [7, 11) is 0. The predicted molar refractivity (Wildman–Crippen MR) is 108 cm³/mol. The summed E-state index contributed by atoms with van der Waals surface area (Å²) in [6.45, 7) is 6.86. The maximum absolute atomic E-state index is 13.1. The molecule has 2 aromatic rings. The number of nitro groups is 1. The van der Waals surface area contributed by atoms with Gasteiger partial charge in [0, 0.05) is 31.8 Å². The molecule has 1 amide bonds. The Labute approximate surface area is 163 Å². The lowest BCUT2D eigenvalue weighted by molar-refractivity contribution is -0.384. The third kappa shape index (κ3) is 4.40. The molecule has 0 spiro atoms. The smallest absolute Gasteiger partial charge is 0.272 e. The first-order valence-corrected chi connectivity index (χ1v) is 9.26. The maximum atomic E-state index is 13.1. The molecule has 28 heavy (non-hydrogen) atoms. The molecule has 148 valence electrons. The van der Waals surface area contributed by atoms with E-state index in [1.54, 1.807) is 11.1 Å². The van der Waals surface area contributed by atoms with E-state index in [1.165, 1.54) is 12.1 Å². The zero-order valence-corrected chi connectivity index (χ0v) is 16.1. The molecule has 3 rings (SSSR count). The monoisotopic (exact) mass is 384 g/mol. The second-order valence-corrected chi connectivity index (χ2v) is 6.58. The summed E-state index contributed by atoms with van der Waals surface area (Å²) < 4.78 is 5.37. The summed E-state index contributed by atoms with van der Waals surface area (Å²) in [6.07, 6.45) is 0. The van der Waals surface area contributed by atoms with Crippen LogP contribution in [-0.2, 0) is 4.74 Å². The number of hydrogen-bond donors (Lipinski definition) is 1. The number of nitro benzene ring substituents is 1. The number of anilines is 2. The largest absolute Gasteiger partial charge is 0.378 e. The number of rotatable bonds is 6. The van der Waals surface area contributed by atoms with Crippen molar-refractivity contribution in [1.82, 2.24) is 5.43 Å². The van der Waals surface area contributed by atoms with Crippen molar-refractivity contribution >= 4 is 23.0 Å². The Bertz CT molecular complexity index is 848. The first-order chi connectivity index (χ1) is 13.5. The molecule has 1 aliphatic rings. The van der Waals surface area contributed by atoms with E-state index < -0.39 is 4.92 Å². The van der Waals surface area contributed by atoms with Gasteiger partial charge in [0.05, 0.1) is 35.1 Å². The standard InChI is InChI=1S/C20H24N4O4/c1-3-23(16-6-4-15(2)5-7-16)21-20(25)18-14-17(24(26)27)8-9-19(18)22-10-12-28-13-11-22/h4-9,14H,3,10-13H2,1-2H3,(H,21,25). The lowest BCUT2D eigenvalue weighted by atomic mass is 10.1. The second kappa shape index (κ2) is 8.71. The zero-order valence-electron chi connectivity index (χ0n) is 16.1. The van der Waals surface area contributed by atoms with E-state index in [4.69, 9.17) is 4.74 Å². The van der Waals surface area contributed by atoms with Gasteiger partial charge in [-0.05, 0) is 32.0 Å². The van der Waals surface area contributed by atoms with Crippen LogP contribution < -0.4 is 15.3 Å². The molecular formula is C20H24N4O4. The van der Waals surface area contributed by atoms with Gasteiger partial charge in [-0.25, -0.2) is 0 Å². The first kappa shape index (κ1) is 19.6. The first-order valence-electron chi connectivity index (χ1n) is 9.26. The van der Waals surface area contributed by atoms with Gasteiger partial charge < -0.3 is 9.64 Å². The van der Waals surface area contributed by atoms with Crippen molar-refractivity contribution in [2.45, 2.75) is 13.8 Å². The number of nitrogens with one attached hydrogen (secondary N) is 1. The van der Waals surface area contributed by atoms with Crippen molar-refractivity contribution in [3.63, 3.8) is 0 Å². The molecule has 1 N–H and O–H groups in total. The molecular weight excluding hydrogens is 360 g/mol. The van der Waals surface area contributed by atoms with Crippen LogP contribution in [0, 0.1) is 17.0 Å². The van der Waals surface area contributed by atoms with Gasteiger partial charge in [0.15, 0.2) is 0 Å². The van der Waals surface area contributed by atoms with Gasteiger partial charge in [0.25, 0.3) is 11.6 Å². The number of morpholine rings is 1. The van der Waals surface area contributed by atoms with Gasteiger partial charge in [-0.3, -0.25) is 25.3 Å². The molecule has 1 aliphatic heterocycles. The number of benzene rings is 2. The van der Waals surface area contributed by atoms with E-state index in [0.717, 1.165) is 11.3 Å². The molecule has 0 unspecified atom stereocenters. The summed E-state index contributed by atoms with van der Waals surface area (Å²) >= 11 is 0. The van der Waals surface area contributed by atoms with Crippen molar-refractivity contribution in [3.8, 4) is 0 Å². The van der Waals surface area contributed by atoms with Crippen LogP contribution >= 0.6 is 0 Å². The summed E-state index contributed by atoms with van der Waals surface area (Å²) in [5.41, 5.74) is 5.69. The second-order valence-electron chi connectivity index (χ2n) is 6.58. The van der Waals surface area contributed by atoms with Gasteiger partial charge in [-0.15, -0.1) is 0 Å². The lowest BCUT2D eigenvalue weighted by Crippen LogP contribution is -2.43. The summed E-state index contributed by atoms with van der Waals surface area (Å²) in [5.74, 6) is -0.382. The molecule has 0 saturated carbocycles. The van der Waals surface area contributed by atoms with E-state index in [0.29, 0.717) is 38.5 Å². The molecule has 1 heterocycles. The Morgan fingerprint density at radius 1 is 1.21 bits per heavy atom. The van der Waals surface area contributed by atoms with E-state index in [-0.39, 0.29) is 17.2 Å². The van der Waals surface area contributed by atoms with Crippen LogP contribution in [0.1, 0.15) is 22.8 Å². The van der Waals surface area contributed by atoms with E-state index in [1.807, 2.05) is 43.0 Å². The number of amides is 1. The Morgan fingerprint density at radius 3 is 2.50 bits per heavy atom. The van der Waals surface area contributed by atoms with Gasteiger partial charge in [0.1, 0.15) is 0 Å². The molecule has 0 bridgehead atoms. The number of nitrogens with zero attached hydrogens (tertiary/aromatic N) is 3. The molecule has 8 nitrogen and oxygen atoms in total. The molecule has 0 atom stereocenters. The third-order valence-electron chi connectivity index (χ3n) is 4.69. The fraction of sp³-hybridized carbons (Fsp3) is 0.350. The number of non-ortho nitro benzene ring substituents is 1. The van der Waals surface area contributed by atoms with E-state index >= 15 is 0 Å². The Balaban J connectivity index is 1.90. The summed E-state index contributed by atoms with van der Waals surface area (Å²) in [4.78, 5) is 25.8. The van der Waals surface area contributed by atoms with Crippen molar-refractivity contribution in [3.05, 3.63) is 63.7 Å². The molecule has 8 heteroatoms. The van der Waals surface area contributed by atoms with Crippen molar-refractivity contribution in [2.75, 3.05) is 42.8 Å². The zero-order chi connectivity index (χ0) is 20.1. The fourth-order valence-corrected chi connectivity index (χ4v) is 3.13. The van der Waals surface area contributed by atoms with Crippen LogP contribution in [0.15, 0.2) is 42.5 Å². The van der Waals surface area contributed by atoms with Crippen LogP contribution in [0.3, 0.4) is 0 Å². The Hall–Kier alpha value is -3.13. The van der Waals surface area contributed by atoms with E-state index in [9.17, 15) is 14.9 Å². The molecule has 2 aromatic carbocycles. The minimum Gasteiger partial charge on any atom is -0.378 e. The fourth-order valence-electron chi connectivity index (χ4n) is 3.13. The number of carbonyl (C=O) groups excluding carboxylic acids is 1. The lowest BCUT2D eigenvalue weighted by Gasteiger charge is -2.31. The number of ether oxygens (including phenoxy) is 1. The highest BCUT2D eigenvalue weighted by Crippen LogP contribution is 2.27. The van der Waals surface area contributed by atoms with Crippen molar-refractivity contribution < 1.29 is 14.5 Å². The third-order valence-corrected chi connectivity index (χ3v) is 4.69. The van der Waals surface area contributed by atoms with Crippen LogP contribution in [0.2, 0.25) is 0 Å². The number of hydrazine groups is 1. The SMILES string of the molecule is CCN(NC(=O)c1cc([N+](=O)[O-])ccc1N1CCOCC1)c1ccc(C)cc1. The highest BCUT2D eigenvalue weighted by molar-refractivity contribution is 6.01. The molecule has 1 fully saturated rings. The van der Waals surface area contributed by atoms with Crippen LogP contribution in [0.4, 0.5) is 17.1 Å². The van der Waals surface area contributed by atoms with Crippen LogP contribution in [-0.4, -0.2) is 43.7 Å². The van der Waals surface area contributed by atoms with Gasteiger partial charge in [-0.2, -0.15) is 0 Å². The average molecular weight is 384 g/mol. The topological polar surface area (TPSA) is 88.0 Å². The van der Waals surface area contributed by atoms with Crippen molar-refractivity contribution in [2.24, 2.45) is 0 Å². The Morgan fingerprint density at radius 2 is 1.89 bits per heavy atom. The number of aryl methyl sites for hydroxylation is 1. The molecule has 0 aliphatic carbocycles. The highest BCUT2D eigenvalue weighted by Gasteiger charge is 2.23. The van der Waals surface area contributed by atoms with Gasteiger partial charge in [0.2, 0.25) is 0 Å². The molecule has 0 aromatic heterocycles. The normalized spacial score (nSPS) is 13.9.